The Labute approximate surface area is 127 Å². The number of nitrogens with zero attached hydrogens (tertiary/aromatic N) is 1. The summed E-state index contributed by atoms with van der Waals surface area (Å²) in [5.74, 6) is -0.398. The van der Waals surface area contributed by atoms with Gasteiger partial charge in [-0.1, -0.05) is 6.92 Å². The van der Waals surface area contributed by atoms with Crippen molar-refractivity contribution in [3.63, 3.8) is 0 Å². The van der Waals surface area contributed by atoms with E-state index >= 15 is 0 Å². The lowest BCUT2D eigenvalue weighted by atomic mass is 10.2. The molecule has 0 aliphatic rings. The van der Waals surface area contributed by atoms with Crippen molar-refractivity contribution < 1.29 is 9.18 Å². The van der Waals surface area contributed by atoms with E-state index in [0.29, 0.717) is 17.1 Å². The number of aromatic nitrogens is 1. The van der Waals surface area contributed by atoms with Crippen molar-refractivity contribution in [1.82, 2.24) is 15.6 Å². The number of carbonyl (C=O) groups excluding carboxylic acids is 1. The van der Waals surface area contributed by atoms with Crippen LogP contribution in [0.4, 0.5) is 4.39 Å². The molecule has 0 aliphatic carbocycles. The summed E-state index contributed by atoms with van der Waals surface area (Å²) in [5.41, 5.74) is 1.51. The van der Waals surface area contributed by atoms with Crippen molar-refractivity contribution in [2.24, 2.45) is 0 Å². The van der Waals surface area contributed by atoms with Gasteiger partial charge in [0.05, 0.1) is 5.69 Å². The first-order valence-corrected chi connectivity index (χ1v) is 7.65. The lowest BCUT2D eigenvalue weighted by molar-refractivity contribution is 0.0957. The van der Waals surface area contributed by atoms with Gasteiger partial charge in [0.25, 0.3) is 5.91 Å². The maximum atomic E-state index is 12.9. The van der Waals surface area contributed by atoms with Gasteiger partial charge in [0, 0.05) is 18.7 Å². The van der Waals surface area contributed by atoms with Crippen LogP contribution in [-0.2, 0) is 0 Å². The van der Waals surface area contributed by atoms with E-state index in [9.17, 15) is 9.18 Å². The molecule has 2 N–H and O–H groups in total. The van der Waals surface area contributed by atoms with Gasteiger partial charge in [-0.25, -0.2) is 9.37 Å². The van der Waals surface area contributed by atoms with Crippen molar-refractivity contribution in [3.8, 4) is 10.6 Å². The summed E-state index contributed by atoms with van der Waals surface area (Å²) in [7, 11) is 0. The molecule has 0 saturated heterocycles. The zero-order valence-corrected chi connectivity index (χ0v) is 12.9. The second kappa shape index (κ2) is 7.28. The first kappa shape index (κ1) is 15.6. The monoisotopic (exact) mass is 307 g/mol. The lowest BCUT2D eigenvalue weighted by Gasteiger charge is -2.03. The smallest absolute Gasteiger partial charge is 0.263 e. The standard InChI is InChI=1S/C15H18FN3OS/c1-3-17-8-9-18-14(20)13-10(2)19-15(21-13)11-4-6-12(16)7-5-11/h4-7,17H,3,8-9H2,1-2H3,(H,18,20). The van der Waals surface area contributed by atoms with Gasteiger partial charge in [0.15, 0.2) is 0 Å². The van der Waals surface area contributed by atoms with Crippen molar-refractivity contribution in [3.05, 3.63) is 40.7 Å². The van der Waals surface area contributed by atoms with Crippen LogP contribution in [0, 0.1) is 12.7 Å². The predicted molar refractivity (Wildman–Crippen MR) is 83.1 cm³/mol. The molecule has 1 amide bonds. The Kier molecular flexibility index (Phi) is 5.41. The van der Waals surface area contributed by atoms with Gasteiger partial charge in [-0.2, -0.15) is 0 Å². The molecule has 21 heavy (non-hydrogen) atoms. The molecular formula is C15H18FN3OS. The van der Waals surface area contributed by atoms with Gasteiger partial charge < -0.3 is 10.6 Å². The number of amides is 1. The van der Waals surface area contributed by atoms with Crippen LogP contribution in [0.25, 0.3) is 10.6 Å². The molecular weight excluding hydrogens is 289 g/mol. The maximum absolute atomic E-state index is 12.9. The summed E-state index contributed by atoms with van der Waals surface area (Å²) in [5, 5.41) is 6.73. The number of thiazole rings is 1. The van der Waals surface area contributed by atoms with E-state index in [1.165, 1.54) is 23.5 Å². The number of nitrogens with one attached hydrogen (secondary N) is 2. The average Bonchev–Trinajstić information content (AvgIpc) is 2.86. The van der Waals surface area contributed by atoms with Crippen molar-refractivity contribution in [2.45, 2.75) is 13.8 Å². The third-order valence-electron chi connectivity index (χ3n) is 2.93. The molecule has 0 unspecified atom stereocenters. The third kappa shape index (κ3) is 4.09. The Morgan fingerprint density at radius 3 is 2.67 bits per heavy atom. The SMILES string of the molecule is CCNCCNC(=O)c1sc(-c2ccc(F)cc2)nc1C. The van der Waals surface area contributed by atoms with Crippen LogP contribution < -0.4 is 10.6 Å². The second-order valence-corrected chi connectivity index (χ2v) is 5.55. The number of halogens is 1. The highest BCUT2D eigenvalue weighted by Crippen LogP contribution is 2.27. The number of hydrogen-bond acceptors (Lipinski definition) is 4. The molecule has 0 aliphatic heterocycles. The van der Waals surface area contributed by atoms with Crippen LogP contribution in [0.1, 0.15) is 22.3 Å². The summed E-state index contributed by atoms with van der Waals surface area (Å²) in [6.45, 7) is 6.03. The highest BCUT2D eigenvalue weighted by molar-refractivity contribution is 7.17. The zero-order valence-electron chi connectivity index (χ0n) is 12.1. The number of hydrogen-bond donors (Lipinski definition) is 2. The van der Waals surface area contributed by atoms with Crippen LogP contribution >= 0.6 is 11.3 Å². The molecule has 2 aromatic rings. The Morgan fingerprint density at radius 2 is 2.00 bits per heavy atom. The molecule has 0 fully saturated rings. The van der Waals surface area contributed by atoms with E-state index in [1.807, 2.05) is 13.8 Å². The van der Waals surface area contributed by atoms with E-state index < -0.39 is 0 Å². The molecule has 1 aromatic carbocycles. The zero-order chi connectivity index (χ0) is 15.2. The van der Waals surface area contributed by atoms with Crippen LogP contribution in [-0.4, -0.2) is 30.5 Å². The molecule has 0 radical (unpaired) electrons. The highest BCUT2D eigenvalue weighted by atomic mass is 32.1. The second-order valence-electron chi connectivity index (χ2n) is 4.55. The predicted octanol–water partition coefficient (Wildman–Crippen LogP) is 2.60. The summed E-state index contributed by atoms with van der Waals surface area (Å²) >= 11 is 1.32. The Morgan fingerprint density at radius 1 is 1.29 bits per heavy atom. The number of carbonyl (C=O) groups is 1. The number of likely N-dealkylation sites (N-methyl/N-ethyl adjacent to an activating group) is 1. The van der Waals surface area contributed by atoms with Crippen LogP contribution in [0.2, 0.25) is 0 Å². The maximum Gasteiger partial charge on any atom is 0.263 e. The topological polar surface area (TPSA) is 54.0 Å². The van der Waals surface area contributed by atoms with Crippen molar-refractivity contribution >= 4 is 17.2 Å². The lowest BCUT2D eigenvalue weighted by Crippen LogP contribution is -2.31. The molecule has 112 valence electrons. The van der Waals surface area contributed by atoms with E-state index in [4.69, 9.17) is 0 Å². The fourth-order valence-corrected chi connectivity index (χ4v) is 2.83. The van der Waals surface area contributed by atoms with Gasteiger partial charge in [0.1, 0.15) is 15.7 Å². The van der Waals surface area contributed by atoms with Gasteiger partial charge in [-0.15, -0.1) is 11.3 Å². The largest absolute Gasteiger partial charge is 0.350 e. The molecule has 2 rings (SSSR count). The van der Waals surface area contributed by atoms with Crippen LogP contribution in [0.15, 0.2) is 24.3 Å². The van der Waals surface area contributed by atoms with Crippen molar-refractivity contribution in [2.75, 3.05) is 19.6 Å². The quantitative estimate of drug-likeness (QED) is 0.807. The van der Waals surface area contributed by atoms with Gasteiger partial charge in [0.2, 0.25) is 0 Å². The van der Waals surface area contributed by atoms with Crippen molar-refractivity contribution in [1.29, 1.82) is 0 Å². The number of aryl methyl sites for hydroxylation is 1. The Bertz CT molecular complexity index is 610. The van der Waals surface area contributed by atoms with Crippen LogP contribution in [0.3, 0.4) is 0 Å². The van der Waals surface area contributed by atoms with Crippen LogP contribution in [0.5, 0.6) is 0 Å². The normalized spacial score (nSPS) is 10.6. The minimum Gasteiger partial charge on any atom is -0.350 e. The number of benzene rings is 1. The summed E-state index contributed by atoms with van der Waals surface area (Å²) in [4.78, 5) is 17.1. The minimum atomic E-state index is -0.284. The summed E-state index contributed by atoms with van der Waals surface area (Å²) < 4.78 is 12.9. The fourth-order valence-electron chi connectivity index (χ4n) is 1.84. The average molecular weight is 307 g/mol. The van der Waals surface area contributed by atoms with E-state index in [2.05, 4.69) is 15.6 Å². The minimum absolute atomic E-state index is 0.115. The molecule has 0 spiro atoms. The Hall–Kier alpha value is -1.79. The van der Waals surface area contributed by atoms with Gasteiger partial charge in [-0.05, 0) is 37.7 Å². The summed E-state index contributed by atoms with van der Waals surface area (Å²) in [6.07, 6.45) is 0. The molecule has 0 bridgehead atoms. The molecule has 0 atom stereocenters. The first-order chi connectivity index (χ1) is 10.1. The van der Waals surface area contributed by atoms with E-state index in [0.717, 1.165) is 23.7 Å². The molecule has 1 heterocycles. The molecule has 1 aromatic heterocycles. The van der Waals surface area contributed by atoms with E-state index in [1.54, 1.807) is 12.1 Å². The van der Waals surface area contributed by atoms with E-state index in [-0.39, 0.29) is 11.7 Å². The summed E-state index contributed by atoms with van der Waals surface area (Å²) in [6, 6.07) is 6.12. The fraction of sp³-hybridized carbons (Fsp3) is 0.333. The molecule has 0 saturated carbocycles. The molecule has 6 heteroatoms. The highest BCUT2D eigenvalue weighted by Gasteiger charge is 2.15. The molecule has 4 nitrogen and oxygen atoms in total. The first-order valence-electron chi connectivity index (χ1n) is 6.84. The van der Waals surface area contributed by atoms with Gasteiger partial charge in [-0.3, -0.25) is 4.79 Å². The number of rotatable bonds is 6. The van der Waals surface area contributed by atoms with Gasteiger partial charge >= 0.3 is 0 Å². The third-order valence-corrected chi connectivity index (χ3v) is 4.14. The Balaban J connectivity index is 2.08.